The Bertz CT molecular complexity index is 1350. The van der Waals surface area contributed by atoms with Crippen LogP contribution in [0.25, 0.3) is 0 Å². The lowest BCUT2D eigenvalue weighted by Gasteiger charge is -2.27. The van der Waals surface area contributed by atoms with Crippen LogP contribution < -0.4 is 16.0 Å². The molecule has 0 spiro atoms. The third-order valence-corrected chi connectivity index (χ3v) is 8.20. The molecule has 53 heavy (non-hydrogen) atoms. The molecule has 0 bridgehead atoms. The Labute approximate surface area is 308 Å². The number of ether oxygens (including phenoxy) is 1. The highest BCUT2D eigenvalue weighted by Crippen LogP contribution is 2.15. The number of carboxylic acids is 1. The molecule has 0 unspecified atom stereocenters. The van der Waals surface area contributed by atoms with Crippen molar-refractivity contribution in [3.8, 4) is 0 Å². The molecule has 0 aliphatic carbocycles. The first-order chi connectivity index (χ1) is 25.0. The predicted molar refractivity (Wildman–Crippen MR) is 186 cm³/mol. The first kappa shape index (κ1) is 44.2. The van der Waals surface area contributed by atoms with E-state index >= 15 is 0 Å². The predicted octanol–water partition coefficient (Wildman–Crippen LogP) is -1.17. The van der Waals surface area contributed by atoms with Gasteiger partial charge in [0.2, 0.25) is 23.6 Å². The molecule has 4 N–H and O–H groups in total. The van der Waals surface area contributed by atoms with Gasteiger partial charge in [0.1, 0.15) is 12.8 Å². The summed E-state index contributed by atoms with van der Waals surface area (Å²) in [5.74, 6) is -5.17. The van der Waals surface area contributed by atoms with Crippen LogP contribution in [0.2, 0.25) is 0 Å². The number of carbonyl (C=O) groups excluding carboxylic acids is 8. The zero-order chi connectivity index (χ0) is 39.6. The summed E-state index contributed by atoms with van der Waals surface area (Å²) in [5.41, 5.74) is -0.754. The Balaban J connectivity index is 1.94. The van der Waals surface area contributed by atoms with E-state index in [9.17, 15) is 43.2 Å². The summed E-state index contributed by atoms with van der Waals surface area (Å²) < 4.78 is 5.70. The number of aliphatic carboxylic acids is 1. The zero-order valence-electron chi connectivity index (χ0n) is 30.7. The van der Waals surface area contributed by atoms with Crippen molar-refractivity contribution in [2.45, 2.75) is 76.9 Å². The second-order valence-electron chi connectivity index (χ2n) is 13.0. The second-order valence-corrected chi connectivity index (χ2v) is 13.0. The van der Waals surface area contributed by atoms with E-state index in [1.54, 1.807) is 20.9 Å². The van der Waals surface area contributed by atoms with Crippen molar-refractivity contribution in [3.63, 3.8) is 0 Å². The summed E-state index contributed by atoms with van der Waals surface area (Å²) in [4.78, 5) is 119. The fourth-order valence-electron chi connectivity index (χ4n) is 5.11. The van der Waals surface area contributed by atoms with Gasteiger partial charge in [-0.15, -0.1) is 0 Å². The number of hydrogen-bond acceptors (Lipinski definition) is 12. The van der Waals surface area contributed by atoms with Gasteiger partial charge in [-0.1, -0.05) is 0 Å². The Morgan fingerprint density at radius 1 is 0.792 bits per heavy atom. The molecule has 0 saturated carbocycles. The fourth-order valence-corrected chi connectivity index (χ4v) is 5.11. The molecule has 0 radical (unpaired) electrons. The van der Waals surface area contributed by atoms with Crippen molar-refractivity contribution in [2.24, 2.45) is 0 Å². The van der Waals surface area contributed by atoms with Crippen LogP contribution in [0.5, 0.6) is 0 Å². The lowest BCUT2D eigenvalue weighted by molar-refractivity contribution is -0.199. The molecule has 1 atom stereocenters. The van der Waals surface area contributed by atoms with E-state index in [0.29, 0.717) is 19.4 Å². The van der Waals surface area contributed by atoms with Gasteiger partial charge in [-0.3, -0.25) is 53.0 Å². The highest BCUT2D eigenvalue weighted by atomic mass is 16.7. The number of imide groups is 2. The van der Waals surface area contributed by atoms with E-state index in [0.717, 1.165) is 34.1 Å². The number of nitrogens with one attached hydrogen (secondary N) is 3. The van der Waals surface area contributed by atoms with Crippen molar-refractivity contribution < 1.29 is 57.8 Å². The van der Waals surface area contributed by atoms with Crippen LogP contribution in [-0.2, 0) is 52.7 Å². The number of amides is 8. The molecule has 294 valence electrons. The summed E-state index contributed by atoms with van der Waals surface area (Å²) in [6.07, 6.45) is 4.93. The van der Waals surface area contributed by atoms with Crippen molar-refractivity contribution in [3.05, 3.63) is 24.3 Å². The maximum Gasteiger partial charge on any atom is 0.303 e. The topological polar surface area (TPSA) is 241 Å². The lowest BCUT2D eigenvalue weighted by atomic mass is 10.0. The average molecular weight is 750 g/mol. The van der Waals surface area contributed by atoms with Gasteiger partial charge >= 0.3 is 5.97 Å². The lowest BCUT2D eigenvalue weighted by Crippen LogP contribution is -2.47. The van der Waals surface area contributed by atoms with E-state index in [4.69, 9.17) is 14.7 Å². The number of rotatable bonds is 26. The summed E-state index contributed by atoms with van der Waals surface area (Å²) in [7, 11) is 3.18. The molecule has 2 aliphatic heterocycles. The standard InChI is InChI=1S/C34H51N7O12/c1-34(2,53-23-38(3)52-4)22-26(43)35-16-6-5-8-24(33(51)36-17-7-9-32(49)50)37-25(42)10-11-27(44)39(18-20-40-28(45)12-13-29(40)46)19-21-41-30(47)14-15-31(41)48/h12-15,24H,5-11,16-23H2,1-4H3,(H,35,43)(H,36,51)(H,37,42)(H,49,50)/t24-/m0/s1. The van der Waals surface area contributed by atoms with E-state index in [1.807, 2.05) is 0 Å². The monoisotopic (exact) mass is 749 g/mol. The van der Waals surface area contributed by atoms with Gasteiger partial charge in [-0.2, -0.15) is 5.06 Å². The minimum absolute atomic E-state index is 0.0636. The average Bonchev–Trinajstić information content (AvgIpc) is 3.60. The van der Waals surface area contributed by atoms with Gasteiger partial charge in [-0.05, 0) is 39.5 Å². The van der Waals surface area contributed by atoms with Crippen LogP contribution in [0, 0.1) is 0 Å². The van der Waals surface area contributed by atoms with Crippen molar-refractivity contribution in [1.29, 1.82) is 0 Å². The van der Waals surface area contributed by atoms with Crippen LogP contribution in [0.4, 0.5) is 0 Å². The fraction of sp³-hybridized carbons (Fsp3) is 0.618. The highest BCUT2D eigenvalue weighted by Gasteiger charge is 2.28. The Hall–Kier alpha value is -5.01. The maximum absolute atomic E-state index is 13.3. The molecule has 2 aliphatic rings. The zero-order valence-corrected chi connectivity index (χ0v) is 30.7. The summed E-state index contributed by atoms with van der Waals surface area (Å²) in [6.45, 7) is 3.55. The van der Waals surface area contributed by atoms with Gasteiger partial charge in [0.25, 0.3) is 23.6 Å². The Kier molecular flexibility index (Phi) is 18.4. The van der Waals surface area contributed by atoms with Crippen molar-refractivity contribution >= 4 is 53.2 Å². The molecular weight excluding hydrogens is 698 g/mol. The minimum atomic E-state index is -1.02. The summed E-state index contributed by atoms with van der Waals surface area (Å²) in [5, 5.41) is 18.4. The van der Waals surface area contributed by atoms with Crippen molar-refractivity contribution in [1.82, 2.24) is 35.7 Å². The van der Waals surface area contributed by atoms with Crippen LogP contribution in [0.3, 0.4) is 0 Å². The van der Waals surface area contributed by atoms with Crippen LogP contribution in [0.1, 0.15) is 65.2 Å². The molecule has 0 aromatic heterocycles. The third-order valence-electron chi connectivity index (χ3n) is 8.20. The molecule has 2 heterocycles. The minimum Gasteiger partial charge on any atom is -0.481 e. The molecular formula is C34H51N7O12. The number of carbonyl (C=O) groups is 9. The number of nitrogens with zero attached hydrogens (tertiary/aromatic N) is 4. The summed E-state index contributed by atoms with van der Waals surface area (Å²) >= 11 is 0. The van der Waals surface area contributed by atoms with E-state index in [-0.39, 0.29) is 83.9 Å². The van der Waals surface area contributed by atoms with Gasteiger partial charge in [0, 0.05) is 89.9 Å². The first-order valence-corrected chi connectivity index (χ1v) is 17.3. The molecule has 0 aromatic rings. The summed E-state index contributed by atoms with van der Waals surface area (Å²) in [6, 6.07) is -1.02. The van der Waals surface area contributed by atoms with Gasteiger partial charge in [0.15, 0.2) is 0 Å². The highest BCUT2D eigenvalue weighted by molar-refractivity contribution is 6.13. The van der Waals surface area contributed by atoms with E-state index < -0.39 is 59.0 Å². The van der Waals surface area contributed by atoms with Crippen LogP contribution in [-0.4, -0.2) is 150 Å². The molecule has 0 aromatic carbocycles. The molecule has 0 fully saturated rings. The molecule has 19 nitrogen and oxygen atoms in total. The number of hydroxylamine groups is 2. The SMILES string of the molecule is CON(C)COC(C)(C)CC(=O)NCCCC[C@H](NC(=O)CCC(=O)N(CCN1C(=O)C=CC1=O)CCN1C(=O)C=CC1=O)C(=O)NCCCC(=O)O. The molecule has 2 rings (SSSR count). The second kappa shape index (κ2) is 22.1. The van der Waals surface area contributed by atoms with Crippen molar-refractivity contribution in [2.75, 3.05) is 60.2 Å². The normalized spacial score (nSPS) is 14.7. The van der Waals surface area contributed by atoms with Crippen LogP contribution in [0.15, 0.2) is 24.3 Å². The maximum atomic E-state index is 13.3. The molecule has 8 amide bonds. The van der Waals surface area contributed by atoms with Gasteiger partial charge < -0.3 is 35.5 Å². The van der Waals surface area contributed by atoms with Crippen LogP contribution >= 0.6 is 0 Å². The molecule has 19 heteroatoms. The third kappa shape index (κ3) is 16.5. The molecule has 0 saturated heterocycles. The number of carboxylic acid groups (broad SMARTS) is 1. The largest absolute Gasteiger partial charge is 0.481 e. The van der Waals surface area contributed by atoms with Gasteiger partial charge in [-0.25, -0.2) is 0 Å². The number of hydrogen-bond donors (Lipinski definition) is 4. The Morgan fingerprint density at radius 2 is 1.34 bits per heavy atom. The quantitative estimate of drug-likeness (QED) is 0.0353. The Morgan fingerprint density at radius 3 is 1.87 bits per heavy atom. The smallest absolute Gasteiger partial charge is 0.303 e. The van der Waals surface area contributed by atoms with E-state index in [1.165, 1.54) is 17.1 Å². The first-order valence-electron chi connectivity index (χ1n) is 17.3. The van der Waals surface area contributed by atoms with Gasteiger partial charge in [0.05, 0.1) is 19.1 Å². The number of unbranched alkanes of at least 4 members (excludes halogenated alkanes) is 1. The van der Waals surface area contributed by atoms with E-state index in [2.05, 4.69) is 16.0 Å².